The van der Waals surface area contributed by atoms with Gasteiger partial charge in [0.05, 0.1) is 16.7 Å². The smallest absolute Gasteiger partial charge is 0.287 e. The van der Waals surface area contributed by atoms with E-state index in [2.05, 4.69) is 18.5 Å². The third-order valence-corrected chi connectivity index (χ3v) is 2.91. The van der Waals surface area contributed by atoms with Crippen molar-refractivity contribution in [2.24, 2.45) is 0 Å². The van der Waals surface area contributed by atoms with Gasteiger partial charge in [-0.05, 0) is 19.9 Å². The van der Waals surface area contributed by atoms with Crippen molar-refractivity contribution in [3.8, 4) is 0 Å². The highest BCUT2D eigenvalue weighted by Gasteiger charge is 2.25. The van der Waals surface area contributed by atoms with E-state index in [-0.39, 0.29) is 0 Å². The normalized spacial score (nSPS) is 11.8. The minimum absolute atomic E-state index is 0.465. The van der Waals surface area contributed by atoms with Crippen molar-refractivity contribution in [2.45, 2.75) is 19.4 Å². The molecule has 0 aromatic heterocycles. The highest BCUT2D eigenvalue weighted by Crippen LogP contribution is 2.05. The number of carbonyl (C=O) groups excluding carboxylic acids is 1. The van der Waals surface area contributed by atoms with Crippen LogP contribution in [0.5, 0.6) is 0 Å². The Hall–Kier alpha value is -1.23. The Kier molecular flexibility index (Phi) is 7.81. The summed E-state index contributed by atoms with van der Waals surface area (Å²) in [4.78, 5) is 10.8. The lowest BCUT2D eigenvalue weighted by molar-refractivity contribution is -0.117. The van der Waals surface area contributed by atoms with Gasteiger partial charge in [-0.1, -0.05) is 13.2 Å². The van der Waals surface area contributed by atoms with Gasteiger partial charge in [-0.3, -0.25) is 13.9 Å². The van der Waals surface area contributed by atoms with Crippen LogP contribution in [0.25, 0.3) is 0 Å². The zero-order chi connectivity index (χ0) is 15.9. The zero-order valence-corrected chi connectivity index (χ0v) is 12.2. The quantitative estimate of drug-likeness (QED) is 0.478. The first-order chi connectivity index (χ1) is 8.22. The highest BCUT2D eigenvalue weighted by atomic mass is 32.2. The van der Waals surface area contributed by atoms with E-state index in [4.69, 9.17) is 9.11 Å². The molecule has 112 valence electrons. The molecule has 0 heterocycles. The number of hydrogen-bond acceptors (Lipinski definition) is 5. The van der Waals surface area contributed by atoms with Crippen molar-refractivity contribution in [3.63, 3.8) is 0 Å². The lowest BCUT2D eigenvalue weighted by atomic mass is 10.1. The molecule has 0 spiro atoms. The minimum Gasteiger partial charge on any atom is -0.347 e. The van der Waals surface area contributed by atoms with Gasteiger partial charge in [-0.15, -0.1) is 0 Å². The predicted octanol–water partition coefficient (Wildman–Crippen LogP) is -0.0273. The van der Waals surface area contributed by atoms with E-state index in [0.717, 1.165) is 6.08 Å². The molecule has 0 bridgehead atoms. The molecule has 8 nitrogen and oxygen atoms in total. The summed E-state index contributed by atoms with van der Waals surface area (Å²) in [5.74, 6) is -1.01. The summed E-state index contributed by atoms with van der Waals surface area (Å²) >= 11 is 0. The molecule has 0 radical (unpaired) electrons. The fraction of sp³-hybridized carbons (Fsp3) is 0.444. The van der Waals surface area contributed by atoms with Crippen LogP contribution in [0.4, 0.5) is 0 Å². The van der Waals surface area contributed by atoms with Crippen molar-refractivity contribution in [3.05, 3.63) is 24.6 Å². The van der Waals surface area contributed by atoms with Gasteiger partial charge in [0.1, 0.15) is 0 Å². The van der Waals surface area contributed by atoms with Crippen molar-refractivity contribution in [2.75, 3.05) is 5.75 Å². The third kappa shape index (κ3) is 16.8. The average molecular weight is 315 g/mol. The molecule has 0 saturated carbocycles. The molecule has 0 aliphatic rings. The van der Waals surface area contributed by atoms with Gasteiger partial charge in [0.15, 0.2) is 0 Å². The van der Waals surface area contributed by atoms with E-state index < -0.39 is 37.4 Å². The first-order valence-corrected chi connectivity index (χ1v) is 7.83. The average Bonchev–Trinajstić information content (AvgIpc) is 2.12. The van der Waals surface area contributed by atoms with E-state index in [9.17, 15) is 21.6 Å². The first kappa shape index (κ1) is 20.1. The van der Waals surface area contributed by atoms with E-state index in [1.165, 1.54) is 13.8 Å². The van der Waals surface area contributed by atoms with Crippen molar-refractivity contribution in [1.82, 2.24) is 5.32 Å². The second-order valence-corrected chi connectivity index (χ2v) is 6.80. The van der Waals surface area contributed by atoms with Gasteiger partial charge in [-0.25, -0.2) is 0 Å². The van der Waals surface area contributed by atoms with Crippen molar-refractivity contribution < 1.29 is 30.7 Å². The lowest BCUT2D eigenvalue weighted by Gasteiger charge is -2.23. The van der Waals surface area contributed by atoms with Crippen LogP contribution in [0.3, 0.4) is 0 Å². The van der Waals surface area contributed by atoms with Crippen LogP contribution in [-0.2, 0) is 25.0 Å². The molecule has 0 rings (SSSR count). The van der Waals surface area contributed by atoms with Gasteiger partial charge in [0.25, 0.3) is 20.2 Å². The number of nitrogens with one attached hydrogen (secondary N) is 1. The van der Waals surface area contributed by atoms with Crippen LogP contribution in [0.2, 0.25) is 0 Å². The van der Waals surface area contributed by atoms with E-state index >= 15 is 0 Å². The maximum Gasteiger partial charge on any atom is 0.287 e. The second-order valence-electron chi connectivity index (χ2n) is 3.99. The second kappa shape index (κ2) is 7.38. The summed E-state index contributed by atoms with van der Waals surface area (Å²) in [6.45, 7) is 8.99. The summed E-state index contributed by atoms with van der Waals surface area (Å²) in [5, 5.41) is 2.83. The number of carbonyl (C=O) groups is 1. The SMILES string of the molecule is C=CC(=O)NC(C)(C)CS(=O)(=O)O.C=CS(=O)(=O)O. The number of hydrogen-bond donors (Lipinski definition) is 3. The molecule has 0 unspecified atom stereocenters. The number of amides is 1. The highest BCUT2D eigenvalue weighted by molar-refractivity contribution is 7.88. The Bertz CT molecular complexity index is 519. The summed E-state index contributed by atoms with van der Waals surface area (Å²) in [5.41, 5.74) is -1.00. The van der Waals surface area contributed by atoms with Crippen LogP contribution in [0.1, 0.15) is 13.8 Å². The molecule has 0 aromatic rings. The molecule has 0 aromatic carbocycles. The van der Waals surface area contributed by atoms with E-state index in [1.807, 2.05) is 0 Å². The Morgan fingerprint density at radius 3 is 1.79 bits per heavy atom. The maximum atomic E-state index is 10.8. The zero-order valence-electron chi connectivity index (χ0n) is 10.5. The van der Waals surface area contributed by atoms with Crippen LogP contribution in [0.15, 0.2) is 24.6 Å². The number of rotatable bonds is 5. The summed E-state index contributed by atoms with van der Waals surface area (Å²) in [7, 11) is -7.98. The topological polar surface area (TPSA) is 138 Å². The van der Waals surface area contributed by atoms with Crippen LogP contribution in [-0.4, -0.2) is 43.1 Å². The van der Waals surface area contributed by atoms with E-state index in [0.29, 0.717) is 5.41 Å². The molecule has 0 aliphatic heterocycles. The fourth-order valence-corrected chi connectivity index (χ4v) is 1.86. The van der Waals surface area contributed by atoms with Crippen LogP contribution >= 0.6 is 0 Å². The Labute approximate surface area is 112 Å². The molecule has 0 fully saturated rings. The van der Waals surface area contributed by atoms with Crippen molar-refractivity contribution >= 4 is 26.1 Å². The lowest BCUT2D eigenvalue weighted by Crippen LogP contribution is -2.47. The molecule has 0 atom stereocenters. The summed E-state index contributed by atoms with van der Waals surface area (Å²) in [6.07, 6.45) is 1.03. The van der Waals surface area contributed by atoms with Gasteiger partial charge < -0.3 is 5.32 Å². The Balaban J connectivity index is 0. The Morgan fingerprint density at radius 1 is 1.21 bits per heavy atom. The summed E-state index contributed by atoms with van der Waals surface area (Å²) < 4.78 is 56.1. The van der Waals surface area contributed by atoms with Crippen LogP contribution < -0.4 is 5.32 Å². The van der Waals surface area contributed by atoms with Crippen LogP contribution in [0, 0.1) is 0 Å². The Morgan fingerprint density at radius 2 is 1.58 bits per heavy atom. The fourth-order valence-electron chi connectivity index (χ4n) is 0.877. The molecule has 10 heteroatoms. The molecule has 0 aliphatic carbocycles. The molecule has 0 saturated heterocycles. The van der Waals surface area contributed by atoms with Gasteiger partial charge >= 0.3 is 0 Å². The molecule has 19 heavy (non-hydrogen) atoms. The van der Waals surface area contributed by atoms with E-state index in [1.54, 1.807) is 0 Å². The molecular formula is C9H17NO7S2. The van der Waals surface area contributed by atoms with Crippen molar-refractivity contribution in [1.29, 1.82) is 0 Å². The first-order valence-electron chi connectivity index (χ1n) is 4.72. The summed E-state index contributed by atoms with van der Waals surface area (Å²) in [6, 6.07) is 0. The van der Waals surface area contributed by atoms with Gasteiger partial charge in [-0.2, -0.15) is 16.8 Å². The van der Waals surface area contributed by atoms with Gasteiger partial charge in [0.2, 0.25) is 5.91 Å². The molecule has 3 N–H and O–H groups in total. The monoisotopic (exact) mass is 315 g/mol. The van der Waals surface area contributed by atoms with Gasteiger partial charge in [0, 0.05) is 0 Å². The molecule has 1 amide bonds. The molecular weight excluding hydrogens is 298 g/mol. The third-order valence-electron chi connectivity index (χ3n) is 1.40. The predicted molar refractivity (Wildman–Crippen MR) is 70.6 cm³/mol. The standard InChI is InChI=1S/C7H13NO4S.C2H4O3S/c1-4-6(9)8-7(2,3)5-13(10,11)12;1-2-6(3,4)5/h4H,1,5H2,2-3H3,(H,8,9)(H,10,11,12);2H,1H2,(H,3,4,5). The largest absolute Gasteiger partial charge is 0.347 e. The minimum atomic E-state index is -4.08. The maximum absolute atomic E-state index is 10.8.